The van der Waals surface area contributed by atoms with Crippen molar-refractivity contribution in [1.29, 1.82) is 0 Å². The Balaban J connectivity index is 1.33. The van der Waals surface area contributed by atoms with E-state index < -0.39 is 11.9 Å². The molecule has 0 unspecified atom stereocenters. The fraction of sp³-hybridized carbons (Fsp3) is 0.314. The Hall–Kier alpha value is -4.52. The fourth-order valence-corrected chi connectivity index (χ4v) is 5.12. The van der Waals surface area contributed by atoms with Crippen LogP contribution in [0.25, 0.3) is 23.1 Å². The number of carbonyl (C=O) groups is 2. The molecule has 0 amide bonds. The lowest BCUT2D eigenvalue weighted by Gasteiger charge is -2.13. The SMILES string of the molecule is CCc1cccc(C)c1OCCCCOc1ccc(/C=C/c2cccc3c2c(CC(=O)O)cn3CCCC(=O)O)cc1. The van der Waals surface area contributed by atoms with Gasteiger partial charge >= 0.3 is 11.9 Å². The summed E-state index contributed by atoms with van der Waals surface area (Å²) in [5.41, 5.74) is 5.94. The van der Waals surface area contributed by atoms with E-state index >= 15 is 0 Å². The van der Waals surface area contributed by atoms with Gasteiger partial charge in [-0.25, -0.2) is 0 Å². The number of para-hydroxylation sites is 1. The van der Waals surface area contributed by atoms with Crippen molar-refractivity contribution in [2.45, 2.75) is 58.9 Å². The van der Waals surface area contributed by atoms with Gasteiger partial charge in [0.15, 0.2) is 0 Å². The molecular weight excluding hydrogens is 530 g/mol. The summed E-state index contributed by atoms with van der Waals surface area (Å²) in [5.74, 6) is 0.0707. The normalized spacial score (nSPS) is 11.3. The number of ether oxygens (including phenoxy) is 2. The number of hydrogen-bond donors (Lipinski definition) is 2. The van der Waals surface area contributed by atoms with Crippen LogP contribution < -0.4 is 9.47 Å². The lowest BCUT2D eigenvalue weighted by molar-refractivity contribution is -0.137. The van der Waals surface area contributed by atoms with Crippen LogP contribution in [-0.2, 0) is 29.0 Å². The lowest BCUT2D eigenvalue weighted by Crippen LogP contribution is -2.04. The Kier molecular flexibility index (Phi) is 10.8. The van der Waals surface area contributed by atoms with Gasteiger partial charge in [0.05, 0.1) is 19.6 Å². The number of unbranched alkanes of at least 4 members (excludes halogenated alkanes) is 1. The molecule has 0 spiro atoms. The van der Waals surface area contributed by atoms with E-state index in [1.165, 1.54) is 11.1 Å². The molecule has 42 heavy (non-hydrogen) atoms. The molecule has 2 N–H and O–H groups in total. The molecule has 0 atom stereocenters. The van der Waals surface area contributed by atoms with Gasteiger partial charge in [-0.1, -0.05) is 61.5 Å². The average Bonchev–Trinajstić information content (AvgIpc) is 3.31. The summed E-state index contributed by atoms with van der Waals surface area (Å²) in [6.07, 6.45) is 9.02. The Morgan fingerprint density at radius 1 is 0.833 bits per heavy atom. The Bertz CT molecular complexity index is 1530. The van der Waals surface area contributed by atoms with Crippen molar-refractivity contribution in [2.75, 3.05) is 13.2 Å². The van der Waals surface area contributed by atoms with E-state index in [4.69, 9.17) is 14.6 Å². The predicted molar refractivity (Wildman–Crippen MR) is 166 cm³/mol. The van der Waals surface area contributed by atoms with Gasteiger partial charge in [0, 0.05) is 30.1 Å². The second-order valence-electron chi connectivity index (χ2n) is 10.4. The van der Waals surface area contributed by atoms with Crippen LogP contribution in [0, 0.1) is 6.92 Å². The van der Waals surface area contributed by atoms with Gasteiger partial charge in [0.2, 0.25) is 0 Å². The van der Waals surface area contributed by atoms with Crippen LogP contribution in [0.3, 0.4) is 0 Å². The van der Waals surface area contributed by atoms with Gasteiger partial charge in [-0.2, -0.15) is 0 Å². The molecule has 4 rings (SSSR count). The van der Waals surface area contributed by atoms with Gasteiger partial charge in [0.1, 0.15) is 11.5 Å². The third-order valence-electron chi connectivity index (χ3n) is 7.21. The topological polar surface area (TPSA) is 98.0 Å². The Morgan fingerprint density at radius 3 is 2.29 bits per heavy atom. The minimum atomic E-state index is -0.904. The number of hydrogen-bond acceptors (Lipinski definition) is 4. The summed E-state index contributed by atoms with van der Waals surface area (Å²) in [5, 5.41) is 19.3. The first-order valence-electron chi connectivity index (χ1n) is 14.5. The number of benzene rings is 3. The number of aromatic nitrogens is 1. The van der Waals surface area contributed by atoms with Gasteiger partial charge in [0.25, 0.3) is 0 Å². The standard InChI is InChI=1S/C35H39NO6/c1-3-27-10-6-9-25(2)35(27)42-22-5-4-21-41-30-18-15-26(16-19-30)14-17-28-11-7-12-31-34(28)29(23-33(39)40)24-36(31)20-8-13-32(37)38/h6-7,9-12,14-19,24H,3-5,8,13,20-23H2,1-2H3,(H,37,38)(H,39,40)/b17-14+. The van der Waals surface area contributed by atoms with E-state index in [1.54, 1.807) is 0 Å². The van der Waals surface area contributed by atoms with E-state index in [-0.39, 0.29) is 12.8 Å². The Labute approximate surface area is 247 Å². The summed E-state index contributed by atoms with van der Waals surface area (Å²) < 4.78 is 13.9. The molecule has 0 aliphatic rings. The van der Waals surface area contributed by atoms with E-state index in [0.29, 0.717) is 31.7 Å². The van der Waals surface area contributed by atoms with Gasteiger partial charge in [-0.05, 0) is 78.6 Å². The van der Waals surface area contributed by atoms with Crippen molar-refractivity contribution in [3.63, 3.8) is 0 Å². The van der Waals surface area contributed by atoms with Crippen molar-refractivity contribution in [1.82, 2.24) is 4.57 Å². The van der Waals surface area contributed by atoms with Crippen LogP contribution >= 0.6 is 0 Å². The lowest BCUT2D eigenvalue weighted by atomic mass is 10.0. The molecule has 0 fully saturated rings. The monoisotopic (exact) mass is 569 g/mol. The highest BCUT2D eigenvalue weighted by molar-refractivity contribution is 5.96. The highest BCUT2D eigenvalue weighted by atomic mass is 16.5. The molecule has 7 heteroatoms. The highest BCUT2D eigenvalue weighted by Gasteiger charge is 2.14. The average molecular weight is 570 g/mol. The summed E-state index contributed by atoms with van der Waals surface area (Å²) in [6.45, 7) is 6.01. The van der Waals surface area contributed by atoms with E-state index in [2.05, 4.69) is 32.0 Å². The second kappa shape index (κ2) is 14.9. The van der Waals surface area contributed by atoms with Crippen molar-refractivity contribution in [3.05, 3.63) is 94.7 Å². The van der Waals surface area contributed by atoms with Gasteiger partial charge < -0.3 is 24.3 Å². The predicted octanol–water partition coefficient (Wildman–Crippen LogP) is 7.41. The van der Waals surface area contributed by atoms with Crippen LogP contribution in [0.1, 0.15) is 60.4 Å². The maximum Gasteiger partial charge on any atom is 0.307 e. The maximum atomic E-state index is 11.5. The van der Waals surface area contributed by atoms with Crippen molar-refractivity contribution >= 4 is 35.0 Å². The largest absolute Gasteiger partial charge is 0.494 e. The number of aliphatic carboxylic acids is 2. The van der Waals surface area contributed by atoms with Crippen LogP contribution in [-0.4, -0.2) is 39.9 Å². The molecule has 7 nitrogen and oxygen atoms in total. The first-order valence-corrected chi connectivity index (χ1v) is 14.5. The quantitative estimate of drug-likeness (QED) is 0.108. The van der Waals surface area contributed by atoms with Gasteiger partial charge in [-0.15, -0.1) is 0 Å². The first kappa shape index (κ1) is 30.4. The summed E-state index contributed by atoms with van der Waals surface area (Å²) >= 11 is 0. The molecular formula is C35H39NO6. The van der Waals surface area contributed by atoms with Crippen molar-refractivity contribution < 1.29 is 29.3 Å². The molecule has 0 aliphatic carbocycles. The minimum Gasteiger partial charge on any atom is -0.494 e. The molecule has 220 valence electrons. The number of carboxylic acid groups (broad SMARTS) is 2. The minimum absolute atomic E-state index is 0.0649. The zero-order valence-electron chi connectivity index (χ0n) is 24.3. The van der Waals surface area contributed by atoms with E-state index in [9.17, 15) is 14.7 Å². The molecule has 0 bridgehead atoms. The summed E-state index contributed by atoms with van der Waals surface area (Å²) in [6, 6.07) is 20.0. The van der Waals surface area contributed by atoms with Gasteiger partial charge in [-0.3, -0.25) is 9.59 Å². The smallest absolute Gasteiger partial charge is 0.307 e. The molecule has 1 aromatic heterocycles. The molecule has 0 saturated heterocycles. The zero-order chi connectivity index (χ0) is 29.9. The van der Waals surface area contributed by atoms with Crippen molar-refractivity contribution in [2.24, 2.45) is 0 Å². The van der Waals surface area contributed by atoms with Crippen LogP contribution in [0.4, 0.5) is 0 Å². The molecule has 0 radical (unpaired) electrons. The molecule has 3 aromatic carbocycles. The molecule has 0 saturated carbocycles. The number of aryl methyl sites for hydroxylation is 3. The Morgan fingerprint density at radius 2 is 1.57 bits per heavy atom. The maximum absolute atomic E-state index is 11.5. The summed E-state index contributed by atoms with van der Waals surface area (Å²) in [4.78, 5) is 22.5. The fourth-order valence-electron chi connectivity index (χ4n) is 5.12. The van der Waals surface area contributed by atoms with Crippen LogP contribution in [0.5, 0.6) is 11.5 Å². The third kappa shape index (κ3) is 8.26. The molecule has 1 heterocycles. The van der Waals surface area contributed by atoms with E-state index in [1.807, 2.05) is 65.4 Å². The number of rotatable bonds is 16. The number of carboxylic acids is 2. The second-order valence-corrected chi connectivity index (χ2v) is 10.4. The number of nitrogens with zero attached hydrogens (tertiary/aromatic N) is 1. The first-order chi connectivity index (χ1) is 20.4. The number of fused-ring (bicyclic) bond motifs is 1. The van der Waals surface area contributed by atoms with Crippen molar-refractivity contribution in [3.8, 4) is 11.5 Å². The van der Waals surface area contributed by atoms with Crippen LogP contribution in [0.15, 0.2) is 66.9 Å². The third-order valence-corrected chi connectivity index (χ3v) is 7.21. The zero-order valence-corrected chi connectivity index (χ0v) is 24.3. The van der Waals surface area contributed by atoms with Crippen LogP contribution in [0.2, 0.25) is 0 Å². The van der Waals surface area contributed by atoms with E-state index in [0.717, 1.165) is 52.8 Å². The highest BCUT2D eigenvalue weighted by Crippen LogP contribution is 2.28. The molecule has 4 aromatic rings. The molecule has 0 aliphatic heterocycles. The summed E-state index contributed by atoms with van der Waals surface area (Å²) in [7, 11) is 0.